The molecule has 0 aliphatic carbocycles. The molecule has 0 saturated carbocycles. The van der Waals surface area contributed by atoms with Gasteiger partial charge < -0.3 is 10.1 Å². The van der Waals surface area contributed by atoms with Gasteiger partial charge in [0, 0.05) is 24.2 Å². The van der Waals surface area contributed by atoms with Crippen molar-refractivity contribution in [3.8, 4) is 5.75 Å². The van der Waals surface area contributed by atoms with Crippen LogP contribution in [0.4, 0.5) is 4.39 Å². The number of rotatable bonds is 7. The first-order chi connectivity index (χ1) is 10.9. The number of methoxy groups -OCH3 is 1. The van der Waals surface area contributed by atoms with E-state index in [9.17, 15) is 12.8 Å². The van der Waals surface area contributed by atoms with Crippen molar-refractivity contribution in [1.29, 1.82) is 0 Å². The van der Waals surface area contributed by atoms with Gasteiger partial charge in [-0.15, -0.1) is 0 Å². The van der Waals surface area contributed by atoms with Crippen molar-refractivity contribution in [1.82, 2.24) is 5.32 Å². The van der Waals surface area contributed by atoms with Gasteiger partial charge in [0.2, 0.25) is 0 Å². The van der Waals surface area contributed by atoms with Crippen LogP contribution in [-0.4, -0.2) is 27.8 Å². The summed E-state index contributed by atoms with van der Waals surface area (Å²) in [6.07, 6.45) is 0. The maximum Gasteiger partial charge on any atom is 0.179 e. The van der Waals surface area contributed by atoms with Crippen LogP contribution >= 0.6 is 0 Å². The van der Waals surface area contributed by atoms with Crippen molar-refractivity contribution in [2.24, 2.45) is 0 Å². The second kappa shape index (κ2) is 7.57. The van der Waals surface area contributed by atoms with Gasteiger partial charge in [-0.1, -0.05) is 24.3 Å². The molecule has 0 aliphatic rings. The highest BCUT2D eigenvalue weighted by molar-refractivity contribution is 7.91. The average molecular weight is 337 g/mol. The highest BCUT2D eigenvalue weighted by Crippen LogP contribution is 2.21. The smallest absolute Gasteiger partial charge is 0.179 e. The van der Waals surface area contributed by atoms with Gasteiger partial charge in [0.1, 0.15) is 11.6 Å². The summed E-state index contributed by atoms with van der Waals surface area (Å²) in [4.78, 5) is 0.296. The third-order valence-electron chi connectivity index (χ3n) is 3.60. The fraction of sp³-hybridized carbons (Fsp3) is 0.294. The molecule has 2 aromatic carbocycles. The van der Waals surface area contributed by atoms with E-state index in [1.165, 1.54) is 13.2 Å². The van der Waals surface area contributed by atoms with Crippen LogP contribution in [0.15, 0.2) is 53.4 Å². The summed E-state index contributed by atoms with van der Waals surface area (Å²) in [5, 5.41) is 3.04. The lowest BCUT2D eigenvalue weighted by Crippen LogP contribution is -2.26. The second-order valence-corrected chi connectivity index (χ2v) is 7.30. The van der Waals surface area contributed by atoms with Gasteiger partial charge in [-0.3, -0.25) is 0 Å². The Bertz CT molecular complexity index is 748. The van der Waals surface area contributed by atoms with Crippen LogP contribution in [0.2, 0.25) is 0 Å². The zero-order valence-corrected chi connectivity index (χ0v) is 13.9. The molecule has 124 valence electrons. The molecule has 0 bridgehead atoms. The Hall–Kier alpha value is -1.92. The van der Waals surface area contributed by atoms with Crippen molar-refractivity contribution in [3.05, 3.63) is 59.9 Å². The van der Waals surface area contributed by atoms with E-state index in [2.05, 4.69) is 5.32 Å². The topological polar surface area (TPSA) is 55.4 Å². The summed E-state index contributed by atoms with van der Waals surface area (Å²) in [5.74, 6) is 0.0273. The summed E-state index contributed by atoms with van der Waals surface area (Å²) >= 11 is 0. The van der Waals surface area contributed by atoms with Gasteiger partial charge in [-0.05, 0) is 25.1 Å². The van der Waals surface area contributed by atoms with Crippen LogP contribution < -0.4 is 10.1 Å². The molecule has 0 radical (unpaired) electrons. The fourth-order valence-electron chi connectivity index (χ4n) is 2.25. The molecule has 0 saturated heterocycles. The minimum atomic E-state index is -3.34. The van der Waals surface area contributed by atoms with Gasteiger partial charge in [0.15, 0.2) is 9.84 Å². The van der Waals surface area contributed by atoms with E-state index in [0.29, 0.717) is 16.2 Å². The van der Waals surface area contributed by atoms with E-state index in [1.807, 2.05) is 0 Å². The second-order valence-electron chi connectivity index (χ2n) is 5.20. The Morgan fingerprint density at radius 3 is 2.48 bits per heavy atom. The molecular formula is C17H20FNO3S. The summed E-state index contributed by atoms with van der Waals surface area (Å²) in [7, 11) is -1.86. The minimum absolute atomic E-state index is 0.0425. The van der Waals surface area contributed by atoms with Crippen LogP contribution in [0, 0.1) is 5.82 Å². The molecule has 4 nitrogen and oxygen atoms in total. The summed E-state index contributed by atoms with van der Waals surface area (Å²) in [6, 6.07) is 12.6. The molecule has 1 atom stereocenters. The Morgan fingerprint density at radius 2 is 1.87 bits per heavy atom. The summed E-state index contributed by atoms with van der Waals surface area (Å²) in [6.45, 7) is 2.03. The van der Waals surface area contributed by atoms with Crippen molar-refractivity contribution >= 4 is 9.84 Å². The van der Waals surface area contributed by atoms with E-state index in [0.717, 1.165) is 0 Å². The van der Waals surface area contributed by atoms with Gasteiger partial charge >= 0.3 is 0 Å². The molecule has 1 N–H and O–H groups in total. The third kappa shape index (κ3) is 4.53. The van der Waals surface area contributed by atoms with Crippen LogP contribution in [0.5, 0.6) is 5.75 Å². The molecule has 0 aliphatic heterocycles. The van der Waals surface area contributed by atoms with Crippen molar-refractivity contribution in [2.75, 3.05) is 19.4 Å². The number of sulfone groups is 1. The molecular weight excluding hydrogens is 317 g/mol. The number of benzene rings is 2. The van der Waals surface area contributed by atoms with E-state index in [4.69, 9.17) is 4.74 Å². The summed E-state index contributed by atoms with van der Waals surface area (Å²) < 4.78 is 43.3. The molecule has 23 heavy (non-hydrogen) atoms. The van der Waals surface area contributed by atoms with Crippen LogP contribution in [0.25, 0.3) is 0 Å². The molecule has 2 rings (SSSR count). The normalized spacial score (nSPS) is 12.8. The van der Waals surface area contributed by atoms with Crippen LogP contribution in [0.3, 0.4) is 0 Å². The van der Waals surface area contributed by atoms with Gasteiger partial charge in [-0.25, -0.2) is 12.8 Å². The quantitative estimate of drug-likeness (QED) is 0.844. The molecule has 0 aromatic heterocycles. The Morgan fingerprint density at radius 1 is 1.17 bits per heavy atom. The van der Waals surface area contributed by atoms with Crippen molar-refractivity contribution in [2.45, 2.75) is 17.9 Å². The van der Waals surface area contributed by atoms with Gasteiger partial charge in [0.25, 0.3) is 0 Å². The first-order valence-electron chi connectivity index (χ1n) is 7.28. The number of ether oxygens (including phenoxy) is 1. The van der Waals surface area contributed by atoms with E-state index >= 15 is 0 Å². The fourth-order valence-corrected chi connectivity index (χ4v) is 3.45. The highest BCUT2D eigenvalue weighted by Gasteiger charge is 2.16. The molecule has 0 fully saturated rings. The molecule has 2 aromatic rings. The number of nitrogens with one attached hydrogen (secondary N) is 1. The lowest BCUT2D eigenvalue weighted by atomic mass is 10.1. The maximum absolute atomic E-state index is 14.0. The van der Waals surface area contributed by atoms with E-state index in [-0.39, 0.29) is 24.2 Å². The van der Waals surface area contributed by atoms with Crippen molar-refractivity contribution < 1.29 is 17.5 Å². The monoisotopic (exact) mass is 337 g/mol. The van der Waals surface area contributed by atoms with Gasteiger partial charge in [0.05, 0.1) is 17.8 Å². The molecule has 6 heteroatoms. The largest absolute Gasteiger partial charge is 0.497 e. The minimum Gasteiger partial charge on any atom is -0.497 e. The van der Waals surface area contributed by atoms with Crippen molar-refractivity contribution in [3.63, 3.8) is 0 Å². The standard InChI is InChI=1S/C17H20FNO3S/c1-13(16-9-8-14(22-2)12-17(16)18)19-10-11-23(20,21)15-6-4-3-5-7-15/h3-9,12-13,19H,10-11H2,1-2H3/t13-/m1/s1. The molecule has 0 unspecified atom stereocenters. The van der Waals surface area contributed by atoms with Crippen LogP contribution in [-0.2, 0) is 9.84 Å². The third-order valence-corrected chi connectivity index (χ3v) is 5.33. The number of halogens is 1. The Labute approximate surface area is 136 Å². The Balaban J connectivity index is 1.96. The number of hydrogen-bond acceptors (Lipinski definition) is 4. The van der Waals surface area contributed by atoms with E-state index < -0.39 is 9.84 Å². The highest BCUT2D eigenvalue weighted by atomic mass is 32.2. The maximum atomic E-state index is 14.0. The summed E-state index contributed by atoms with van der Waals surface area (Å²) in [5.41, 5.74) is 0.475. The van der Waals surface area contributed by atoms with Gasteiger partial charge in [-0.2, -0.15) is 0 Å². The molecule has 0 amide bonds. The zero-order valence-electron chi connectivity index (χ0n) is 13.1. The predicted molar refractivity (Wildman–Crippen MR) is 87.9 cm³/mol. The molecule has 0 spiro atoms. The first-order valence-corrected chi connectivity index (χ1v) is 8.94. The lowest BCUT2D eigenvalue weighted by molar-refractivity contribution is 0.409. The Kier molecular flexibility index (Phi) is 5.74. The molecule has 0 heterocycles. The lowest BCUT2D eigenvalue weighted by Gasteiger charge is -2.15. The average Bonchev–Trinajstić information content (AvgIpc) is 2.55. The van der Waals surface area contributed by atoms with E-state index in [1.54, 1.807) is 49.4 Å². The first kappa shape index (κ1) is 17.4. The predicted octanol–water partition coefficient (Wildman–Crippen LogP) is 2.96. The zero-order chi connectivity index (χ0) is 16.9. The number of hydrogen-bond donors (Lipinski definition) is 1. The van der Waals surface area contributed by atoms with Crippen LogP contribution in [0.1, 0.15) is 18.5 Å². The SMILES string of the molecule is COc1ccc([C@@H](C)NCCS(=O)(=O)c2ccccc2)c(F)c1.